The van der Waals surface area contributed by atoms with Gasteiger partial charge in [0.2, 0.25) is 0 Å². The van der Waals surface area contributed by atoms with Crippen LogP contribution >= 0.6 is 0 Å². The van der Waals surface area contributed by atoms with Crippen molar-refractivity contribution >= 4 is 5.97 Å². The maximum absolute atomic E-state index is 11.1. The summed E-state index contributed by atoms with van der Waals surface area (Å²) in [6, 6.07) is 0. The van der Waals surface area contributed by atoms with Crippen molar-refractivity contribution in [3.05, 3.63) is 0 Å². The highest BCUT2D eigenvalue weighted by Crippen LogP contribution is 2.24. The van der Waals surface area contributed by atoms with Gasteiger partial charge in [-0.1, -0.05) is 0 Å². The molecule has 0 aromatic rings. The number of methoxy groups -OCH3 is 1. The van der Waals surface area contributed by atoms with Crippen molar-refractivity contribution in [3.8, 4) is 0 Å². The van der Waals surface area contributed by atoms with E-state index in [0.717, 1.165) is 13.1 Å². The number of carbonyl (C=O) groups excluding carboxylic acids is 1. The lowest BCUT2D eigenvalue weighted by Gasteiger charge is -2.46. The molecule has 0 bridgehead atoms. The molecule has 1 spiro atoms. The first-order valence-corrected chi connectivity index (χ1v) is 4.30. The molecule has 5 heteroatoms. The quantitative estimate of drug-likeness (QED) is 0.529. The van der Waals surface area contributed by atoms with Gasteiger partial charge in [0.25, 0.3) is 0 Å². The van der Waals surface area contributed by atoms with E-state index in [1.807, 2.05) is 0 Å². The van der Waals surface area contributed by atoms with Gasteiger partial charge in [0.05, 0.1) is 20.3 Å². The highest BCUT2D eigenvalue weighted by Gasteiger charge is 2.45. The van der Waals surface area contributed by atoms with Crippen LogP contribution in [0, 0.1) is 0 Å². The van der Waals surface area contributed by atoms with E-state index in [2.05, 4.69) is 10.1 Å². The number of ether oxygens (including phenoxy) is 3. The summed E-state index contributed by atoms with van der Waals surface area (Å²) < 4.78 is 15.5. The molecule has 0 radical (unpaired) electrons. The van der Waals surface area contributed by atoms with Crippen LogP contribution in [0.2, 0.25) is 0 Å². The monoisotopic (exact) mass is 187 g/mol. The van der Waals surface area contributed by atoms with Crippen LogP contribution in [0.3, 0.4) is 0 Å². The second kappa shape index (κ2) is 3.25. The Bertz CT molecular complexity index is 214. The van der Waals surface area contributed by atoms with Crippen molar-refractivity contribution in [2.45, 2.75) is 11.7 Å². The Hall–Kier alpha value is -0.650. The van der Waals surface area contributed by atoms with E-state index < -0.39 is 6.10 Å². The molecular weight excluding hydrogens is 174 g/mol. The minimum absolute atomic E-state index is 0.281. The van der Waals surface area contributed by atoms with Gasteiger partial charge in [0.15, 0.2) is 6.10 Å². The molecule has 2 heterocycles. The van der Waals surface area contributed by atoms with Gasteiger partial charge in [0.1, 0.15) is 5.60 Å². The van der Waals surface area contributed by atoms with Gasteiger partial charge in [0, 0.05) is 13.1 Å². The number of rotatable bonds is 1. The van der Waals surface area contributed by atoms with E-state index in [1.54, 1.807) is 0 Å². The average molecular weight is 187 g/mol. The van der Waals surface area contributed by atoms with E-state index in [-0.39, 0.29) is 11.6 Å². The van der Waals surface area contributed by atoms with Crippen molar-refractivity contribution in [2.75, 3.05) is 33.4 Å². The molecule has 0 aliphatic carbocycles. The fourth-order valence-electron chi connectivity index (χ4n) is 1.56. The van der Waals surface area contributed by atoms with Crippen molar-refractivity contribution < 1.29 is 19.0 Å². The summed E-state index contributed by atoms with van der Waals surface area (Å²) in [6.45, 7) is 2.36. The Kier molecular flexibility index (Phi) is 2.23. The summed E-state index contributed by atoms with van der Waals surface area (Å²) in [6.07, 6.45) is -0.555. The predicted molar refractivity (Wildman–Crippen MR) is 43.3 cm³/mol. The minimum atomic E-state index is -0.555. The molecule has 2 fully saturated rings. The minimum Gasteiger partial charge on any atom is -0.467 e. The van der Waals surface area contributed by atoms with Gasteiger partial charge >= 0.3 is 5.97 Å². The van der Waals surface area contributed by atoms with Gasteiger partial charge in [-0.25, -0.2) is 4.79 Å². The van der Waals surface area contributed by atoms with Crippen molar-refractivity contribution in [1.29, 1.82) is 0 Å². The topological polar surface area (TPSA) is 56.8 Å². The van der Waals surface area contributed by atoms with E-state index in [4.69, 9.17) is 9.47 Å². The molecule has 2 aliphatic rings. The van der Waals surface area contributed by atoms with Gasteiger partial charge in [-0.3, -0.25) is 0 Å². The second-order valence-corrected chi connectivity index (χ2v) is 3.43. The Morgan fingerprint density at radius 3 is 2.92 bits per heavy atom. The van der Waals surface area contributed by atoms with Gasteiger partial charge in [-0.05, 0) is 0 Å². The van der Waals surface area contributed by atoms with Crippen LogP contribution in [-0.4, -0.2) is 51.1 Å². The smallest absolute Gasteiger partial charge is 0.337 e. The SMILES string of the molecule is COC(=O)C1COCC2(CNC2)O1. The summed E-state index contributed by atoms with van der Waals surface area (Å²) >= 11 is 0. The zero-order valence-electron chi connectivity index (χ0n) is 7.54. The third-order valence-corrected chi connectivity index (χ3v) is 2.39. The maximum atomic E-state index is 11.1. The molecule has 5 nitrogen and oxygen atoms in total. The Balaban J connectivity index is 1.95. The molecule has 2 rings (SSSR count). The normalized spacial score (nSPS) is 31.0. The lowest BCUT2D eigenvalue weighted by Crippen LogP contribution is -2.68. The van der Waals surface area contributed by atoms with E-state index in [9.17, 15) is 4.79 Å². The largest absolute Gasteiger partial charge is 0.467 e. The molecule has 0 saturated carbocycles. The van der Waals surface area contributed by atoms with Crippen LogP contribution in [-0.2, 0) is 19.0 Å². The van der Waals surface area contributed by atoms with E-state index >= 15 is 0 Å². The van der Waals surface area contributed by atoms with Crippen LogP contribution in [0.1, 0.15) is 0 Å². The third kappa shape index (κ3) is 1.54. The number of hydrogen-bond acceptors (Lipinski definition) is 5. The first-order chi connectivity index (χ1) is 6.26. The molecule has 1 atom stereocenters. The van der Waals surface area contributed by atoms with E-state index in [1.165, 1.54) is 7.11 Å². The van der Waals surface area contributed by atoms with Crippen LogP contribution < -0.4 is 5.32 Å². The molecule has 2 aliphatic heterocycles. The highest BCUT2D eigenvalue weighted by atomic mass is 16.6. The summed E-state index contributed by atoms with van der Waals surface area (Å²) in [5, 5.41) is 3.09. The molecular formula is C8H13NO4. The van der Waals surface area contributed by atoms with Crippen molar-refractivity contribution in [2.24, 2.45) is 0 Å². The lowest BCUT2D eigenvalue weighted by atomic mass is 9.97. The standard InChI is InChI=1S/C8H13NO4/c1-11-7(10)6-2-12-5-8(13-6)3-9-4-8/h6,9H,2-5H2,1H3. The molecule has 1 unspecified atom stereocenters. The van der Waals surface area contributed by atoms with Gasteiger partial charge in [-0.15, -0.1) is 0 Å². The molecule has 74 valence electrons. The van der Waals surface area contributed by atoms with E-state index in [0.29, 0.717) is 13.2 Å². The van der Waals surface area contributed by atoms with Crippen molar-refractivity contribution in [3.63, 3.8) is 0 Å². The van der Waals surface area contributed by atoms with Gasteiger partial charge in [-0.2, -0.15) is 0 Å². The summed E-state index contributed by atoms with van der Waals surface area (Å²) in [7, 11) is 1.35. The maximum Gasteiger partial charge on any atom is 0.337 e. The Morgan fingerprint density at radius 1 is 1.62 bits per heavy atom. The number of esters is 1. The van der Waals surface area contributed by atoms with Crippen molar-refractivity contribution in [1.82, 2.24) is 5.32 Å². The predicted octanol–water partition coefficient (Wildman–Crippen LogP) is -1.08. The zero-order chi connectivity index (χ0) is 9.31. The summed E-state index contributed by atoms with van der Waals surface area (Å²) in [5.41, 5.74) is -0.281. The first kappa shape index (κ1) is 8.93. The number of nitrogens with one attached hydrogen (secondary N) is 1. The summed E-state index contributed by atoms with van der Waals surface area (Å²) in [5.74, 6) is -0.356. The highest BCUT2D eigenvalue weighted by molar-refractivity contribution is 5.74. The fraction of sp³-hybridized carbons (Fsp3) is 0.875. The Morgan fingerprint density at radius 2 is 2.38 bits per heavy atom. The average Bonchev–Trinajstić information content (AvgIpc) is 2.14. The lowest BCUT2D eigenvalue weighted by molar-refractivity contribution is -0.225. The molecule has 13 heavy (non-hydrogen) atoms. The number of hydrogen-bond donors (Lipinski definition) is 1. The van der Waals surface area contributed by atoms with Gasteiger partial charge < -0.3 is 19.5 Å². The molecule has 0 amide bonds. The van der Waals surface area contributed by atoms with Crippen LogP contribution in [0.4, 0.5) is 0 Å². The van der Waals surface area contributed by atoms with Crippen LogP contribution in [0.15, 0.2) is 0 Å². The van der Waals surface area contributed by atoms with Crippen LogP contribution in [0.5, 0.6) is 0 Å². The fourth-order valence-corrected chi connectivity index (χ4v) is 1.56. The Labute approximate surface area is 76.3 Å². The van der Waals surface area contributed by atoms with Crippen LogP contribution in [0.25, 0.3) is 0 Å². The molecule has 2 saturated heterocycles. The number of carbonyl (C=O) groups is 1. The molecule has 0 aromatic heterocycles. The summed E-state index contributed by atoms with van der Waals surface area (Å²) in [4.78, 5) is 11.1. The third-order valence-electron chi connectivity index (χ3n) is 2.39. The molecule has 0 aromatic carbocycles. The first-order valence-electron chi connectivity index (χ1n) is 4.30. The zero-order valence-corrected chi connectivity index (χ0v) is 7.54. The second-order valence-electron chi connectivity index (χ2n) is 3.43. The molecule has 1 N–H and O–H groups in total.